The number of carbonyl (C=O) groups is 7. The smallest absolute Gasteiger partial charge is 0.426 e. The molecule has 18 heteroatoms. The van der Waals surface area contributed by atoms with E-state index in [4.69, 9.17) is 18.9 Å². The second-order valence-electron chi connectivity index (χ2n) is 14.1. The van der Waals surface area contributed by atoms with Gasteiger partial charge in [-0.15, -0.1) is 0 Å². The van der Waals surface area contributed by atoms with E-state index < -0.39 is 65.4 Å². The highest BCUT2D eigenvalue weighted by molar-refractivity contribution is 5.92. The van der Waals surface area contributed by atoms with Crippen LogP contribution in [-0.2, 0) is 46.5 Å². The van der Waals surface area contributed by atoms with Crippen LogP contribution >= 0.6 is 0 Å². The Morgan fingerprint density at radius 1 is 0.545 bits per heavy atom. The van der Waals surface area contributed by atoms with Gasteiger partial charge in [-0.2, -0.15) is 0 Å². The maximum absolute atomic E-state index is 13.6. The molecule has 0 aliphatic carbocycles. The summed E-state index contributed by atoms with van der Waals surface area (Å²) in [5.74, 6) is -2.46. The molecular weight excluding hydrogens is 718 g/mol. The van der Waals surface area contributed by atoms with Crippen LogP contribution in [-0.4, -0.2) is 71.9 Å². The minimum Gasteiger partial charge on any atom is -0.445 e. The molecule has 55 heavy (non-hydrogen) atoms. The molecule has 0 aliphatic rings. The summed E-state index contributed by atoms with van der Waals surface area (Å²) < 4.78 is 20.7. The topological polar surface area (TPSA) is 241 Å². The Morgan fingerprint density at radius 3 is 1.56 bits per heavy atom. The first-order valence-corrected chi connectivity index (χ1v) is 17.7. The minimum absolute atomic E-state index is 0.0534. The number of amides is 7. The van der Waals surface area contributed by atoms with Crippen molar-refractivity contribution >= 4 is 42.1 Å². The van der Waals surface area contributed by atoms with Gasteiger partial charge in [-0.3, -0.25) is 25.2 Å². The van der Waals surface area contributed by atoms with Gasteiger partial charge in [0.2, 0.25) is 11.8 Å². The van der Waals surface area contributed by atoms with Crippen LogP contribution in [0.1, 0.15) is 84.8 Å². The van der Waals surface area contributed by atoms with Gasteiger partial charge in [-0.25, -0.2) is 30.0 Å². The van der Waals surface area contributed by atoms with Gasteiger partial charge in [0, 0.05) is 13.0 Å². The molecule has 2 atom stereocenters. The highest BCUT2D eigenvalue weighted by Crippen LogP contribution is 2.09. The van der Waals surface area contributed by atoms with Crippen LogP contribution < -0.4 is 37.7 Å². The van der Waals surface area contributed by atoms with Crippen molar-refractivity contribution < 1.29 is 52.5 Å². The minimum atomic E-state index is -1.43. The summed E-state index contributed by atoms with van der Waals surface area (Å²) in [4.78, 5) is 88.5. The van der Waals surface area contributed by atoms with E-state index in [0.717, 1.165) is 5.56 Å². The number of benzene rings is 2. The van der Waals surface area contributed by atoms with Crippen LogP contribution in [0.5, 0.6) is 0 Å². The number of hydrazine groups is 2. The predicted octanol–water partition coefficient (Wildman–Crippen LogP) is 3.75. The number of hydrogen-bond acceptors (Lipinski definition) is 11. The molecule has 0 fully saturated rings. The molecule has 7 amide bonds. The van der Waals surface area contributed by atoms with Gasteiger partial charge in [-0.1, -0.05) is 60.7 Å². The second kappa shape index (κ2) is 22.9. The Kier molecular flexibility index (Phi) is 18.8. The average Bonchev–Trinajstić information content (AvgIpc) is 3.11. The van der Waals surface area contributed by atoms with Crippen LogP contribution in [0.2, 0.25) is 0 Å². The molecule has 0 aromatic heterocycles. The van der Waals surface area contributed by atoms with Crippen molar-refractivity contribution in [2.24, 2.45) is 0 Å². The maximum Gasteiger partial charge on any atom is 0.426 e. The quantitative estimate of drug-likeness (QED) is 0.0737. The molecule has 0 saturated carbocycles. The molecule has 302 valence electrons. The number of nitrogens with one attached hydrogen (secondary N) is 7. The molecular formula is C37H53N7O11. The summed E-state index contributed by atoms with van der Waals surface area (Å²) in [5, 5.41) is 7.66. The highest BCUT2D eigenvalue weighted by atomic mass is 16.6. The van der Waals surface area contributed by atoms with Gasteiger partial charge < -0.3 is 34.9 Å². The number of alkyl carbamates (subject to hydrolysis) is 2. The van der Waals surface area contributed by atoms with Crippen molar-refractivity contribution in [2.75, 3.05) is 6.54 Å². The Bertz CT molecular complexity index is 1560. The van der Waals surface area contributed by atoms with Gasteiger partial charge in [0.25, 0.3) is 5.91 Å². The first-order valence-electron chi connectivity index (χ1n) is 17.7. The summed E-state index contributed by atoms with van der Waals surface area (Å²) in [6, 6.07) is 15.3. The van der Waals surface area contributed by atoms with Crippen LogP contribution in [0.3, 0.4) is 0 Å². The maximum atomic E-state index is 13.6. The lowest BCUT2D eigenvalue weighted by Crippen LogP contribution is -2.56. The summed E-state index contributed by atoms with van der Waals surface area (Å²) in [7, 11) is 0. The van der Waals surface area contributed by atoms with E-state index in [2.05, 4.69) is 37.7 Å². The van der Waals surface area contributed by atoms with Crippen molar-refractivity contribution in [3.63, 3.8) is 0 Å². The van der Waals surface area contributed by atoms with E-state index >= 15 is 0 Å². The van der Waals surface area contributed by atoms with Crippen LogP contribution in [0.25, 0.3) is 0 Å². The number of ether oxygens (including phenoxy) is 4. The molecule has 0 aliphatic heterocycles. The molecule has 18 nitrogen and oxygen atoms in total. The van der Waals surface area contributed by atoms with E-state index in [0.29, 0.717) is 18.4 Å². The van der Waals surface area contributed by atoms with Crippen molar-refractivity contribution in [1.29, 1.82) is 0 Å². The van der Waals surface area contributed by atoms with Crippen molar-refractivity contribution in [2.45, 2.75) is 110 Å². The van der Waals surface area contributed by atoms with Crippen molar-refractivity contribution in [1.82, 2.24) is 37.7 Å². The zero-order chi connectivity index (χ0) is 40.9. The fraction of sp³-hybridized carbons (Fsp3) is 0.486. The average molecular weight is 772 g/mol. The number of carbonyl (C=O) groups excluding carboxylic acids is 7. The fourth-order valence-corrected chi connectivity index (χ4v) is 4.42. The second-order valence-corrected chi connectivity index (χ2v) is 14.1. The van der Waals surface area contributed by atoms with Gasteiger partial charge in [0.05, 0.1) is 0 Å². The van der Waals surface area contributed by atoms with Gasteiger partial charge in [0.15, 0.2) is 0 Å². The molecule has 0 heterocycles. The molecule has 2 aromatic rings. The number of rotatable bonds is 16. The van der Waals surface area contributed by atoms with Gasteiger partial charge >= 0.3 is 24.4 Å². The van der Waals surface area contributed by atoms with E-state index in [9.17, 15) is 33.6 Å². The van der Waals surface area contributed by atoms with Crippen LogP contribution in [0.4, 0.5) is 19.2 Å². The Labute approximate surface area is 320 Å². The number of hydrogen-bond donors (Lipinski definition) is 7. The highest BCUT2D eigenvalue weighted by Gasteiger charge is 2.29. The molecule has 0 bridgehead atoms. The lowest BCUT2D eigenvalue weighted by molar-refractivity contribution is -0.131. The number of unbranched alkanes of at least 4 members (excludes halogenated alkanes) is 1. The van der Waals surface area contributed by atoms with E-state index in [1.165, 1.54) is 0 Å². The van der Waals surface area contributed by atoms with Gasteiger partial charge in [-0.05, 0) is 78.4 Å². The Balaban J connectivity index is 2.09. The summed E-state index contributed by atoms with van der Waals surface area (Å²) in [6.07, 6.45) is -3.37. The zero-order valence-electron chi connectivity index (χ0n) is 32.1. The van der Waals surface area contributed by atoms with Crippen molar-refractivity contribution in [3.8, 4) is 0 Å². The first-order chi connectivity index (χ1) is 25.9. The third-order valence-corrected chi connectivity index (χ3v) is 6.91. The summed E-state index contributed by atoms with van der Waals surface area (Å²) >= 11 is 0. The third kappa shape index (κ3) is 21.3. The lowest BCUT2D eigenvalue weighted by Gasteiger charge is -2.24. The molecule has 0 unspecified atom stereocenters. The predicted molar refractivity (Wildman–Crippen MR) is 198 cm³/mol. The van der Waals surface area contributed by atoms with Gasteiger partial charge in [0.1, 0.15) is 36.5 Å². The molecule has 2 rings (SSSR count). The largest absolute Gasteiger partial charge is 0.445 e. The normalized spacial score (nSPS) is 12.0. The summed E-state index contributed by atoms with van der Waals surface area (Å²) in [5.41, 5.74) is 8.32. The molecule has 7 N–H and O–H groups in total. The Morgan fingerprint density at radius 2 is 1.04 bits per heavy atom. The zero-order valence-corrected chi connectivity index (χ0v) is 32.1. The summed E-state index contributed by atoms with van der Waals surface area (Å²) in [6.45, 7) is 9.98. The van der Waals surface area contributed by atoms with E-state index in [1.807, 2.05) is 30.3 Å². The molecule has 2 aromatic carbocycles. The molecule has 0 spiro atoms. The third-order valence-electron chi connectivity index (χ3n) is 6.91. The first kappa shape index (κ1) is 45.1. The van der Waals surface area contributed by atoms with Crippen LogP contribution in [0.15, 0.2) is 60.7 Å². The Hall–Kier alpha value is -6.07. The lowest BCUT2D eigenvalue weighted by atomic mass is 10.1. The fourth-order valence-electron chi connectivity index (χ4n) is 4.42. The van der Waals surface area contributed by atoms with Crippen molar-refractivity contribution in [3.05, 3.63) is 71.8 Å². The van der Waals surface area contributed by atoms with E-state index in [1.54, 1.807) is 71.9 Å². The monoisotopic (exact) mass is 771 g/mol. The SMILES string of the molecule is CC(C)(C)OC(=O)NNC(=O)CC[C@H](NC(=O)[C@H](CCCCNC(=O)OCc1ccccc1)NC(=O)OCc1ccccc1)C(=O)NNC(=O)OC(C)(C)C. The standard InChI is InChI=1S/C37H53N7O11/c1-36(2,3)54-34(50)43-41-29(45)21-20-28(31(47)42-44-35(51)55-37(4,5)6)39-30(46)27(40-33(49)53-24-26-17-11-8-12-18-26)19-13-14-22-38-32(48)52-23-25-15-9-7-10-16-25/h7-12,15-18,27-28H,13-14,19-24H2,1-6H3,(H,38,48)(H,39,46)(H,40,49)(H,41,45)(H,42,47)(H,43,50)(H,44,51)/t27-,28-/m0/s1. The van der Waals surface area contributed by atoms with Crippen LogP contribution in [0, 0.1) is 0 Å². The molecule has 0 radical (unpaired) electrons. The molecule has 0 saturated heterocycles. The van der Waals surface area contributed by atoms with E-state index in [-0.39, 0.29) is 39.0 Å².